The van der Waals surface area contributed by atoms with E-state index in [1.54, 1.807) is 0 Å². The molecule has 1 atom stereocenters. The topological polar surface area (TPSA) is 97.9 Å². The van der Waals surface area contributed by atoms with Crippen molar-refractivity contribution in [3.8, 4) is 5.75 Å². The fourth-order valence-electron chi connectivity index (χ4n) is 5.49. The van der Waals surface area contributed by atoms with Gasteiger partial charge in [-0.2, -0.15) is 0 Å². The van der Waals surface area contributed by atoms with Gasteiger partial charge in [-0.15, -0.1) is 0 Å². The number of nitrogens with one attached hydrogen (secondary N) is 2. The number of hydrogen-bond donors (Lipinski definition) is 3. The van der Waals surface area contributed by atoms with Crippen LogP contribution in [0.2, 0.25) is 0 Å². The molecule has 1 fully saturated rings. The number of ether oxygens (including phenoxy) is 1. The Morgan fingerprint density at radius 2 is 1.97 bits per heavy atom. The average Bonchev–Trinajstić information content (AvgIpc) is 3.42. The van der Waals surface area contributed by atoms with Gasteiger partial charge in [0, 0.05) is 42.8 Å². The predicted molar refractivity (Wildman–Crippen MR) is 129 cm³/mol. The van der Waals surface area contributed by atoms with Gasteiger partial charge in [0.05, 0.1) is 5.54 Å². The van der Waals surface area contributed by atoms with E-state index >= 15 is 0 Å². The van der Waals surface area contributed by atoms with Gasteiger partial charge in [0.1, 0.15) is 18.9 Å². The molecule has 1 spiro atoms. The molecule has 3 heterocycles. The molecule has 0 aliphatic carbocycles. The van der Waals surface area contributed by atoms with Crippen molar-refractivity contribution in [1.82, 2.24) is 20.1 Å². The molecule has 2 aromatic carbocycles. The van der Waals surface area contributed by atoms with Crippen molar-refractivity contribution < 1.29 is 19.4 Å². The van der Waals surface area contributed by atoms with Gasteiger partial charge in [-0.05, 0) is 43.0 Å². The first kappa shape index (κ1) is 22.3. The molecule has 8 nitrogen and oxygen atoms in total. The van der Waals surface area contributed by atoms with E-state index in [9.17, 15) is 9.59 Å². The number of likely N-dealkylation sites (tertiary alicyclic amines) is 1. The lowest BCUT2D eigenvalue weighted by Crippen LogP contribution is -2.58. The second-order valence-electron chi connectivity index (χ2n) is 9.15. The van der Waals surface area contributed by atoms with E-state index in [0.29, 0.717) is 19.7 Å². The minimum absolute atomic E-state index is 0.328. The summed E-state index contributed by atoms with van der Waals surface area (Å²) < 4.78 is 5.91. The Morgan fingerprint density at radius 1 is 1.15 bits per heavy atom. The Balaban J connectivity index is 1.42. The van der Waals surface area contributed by atoms with Crippen molar-refractivity contribution in [2.24, 2.45) is 0 Å². The second-order valence-corrected chi connectivity index (χ2v) is 9.15. The largest absolute Gasteiger partial charge is 0.492 e. The summed E-state index contributed by atoms with van der Waals surface area (Å²) in [5, 5.41) is 12.9. The van der Waals surface area contributed by atoms with Gasteiger partial charge in [0.2, 0.25) is 0 Å². The number of aromatic amines is 1. The van der Waals surface area contributed by atoms with E-state index in [2.05, 4.69) is 40.3 Å². The number of hydrogen-bond acceptors (Lipinski definition) is 4. The van der Waals surface area contributed by atoms with E-state index in [4.69, 9.17) is 9.84 Å². The maximum absolute atomic E-state index is 13.2. The summed E-state index contributed by atoms with van der Waals surface area (Å²) in [6, 6.07) is 15.7. The molecular weight excluding hydrogens is 432 g/mol. The molecule has 34 heavy (non-hydrogen) atoms. The van der Waals surface area contributed by atoms with Crippen molar-refractivity contribution in [3.63, 3.8) is 0 Å². The normalized spacial score (nSPS) is 20.0. The van der Waals surface area contributed by atoms with Gasteiger partial charge in [-0.3, -0.25) is 9.69 Å². The number of nitrogens with zero attached hydrogens (tertiary/aromatic N) is 2. The molecule has 2 aliphatic heterocycles. The summed E-state index contributed by atoms with van der Waals surface area (Å²) in [5.74, 6) is -0.204. The molecule has 5 rings (SSSR count). The molecule has 2 aliphatic rings. The first-order valence-corrected chi connectivity index (χ1v) is 11.8. The van der Waals surface area contributed by atoms with Crippen LogP contribution >= 0.6 is 0 Å². The number of para-hydroxylation sites is 2. The van der Waals surface area contributed by atoms with Gasteiger partial charge in [0.25, 0.3) is 0 Å². The van der Waals surface area contributed by atoms with E-state index in [1.165, 1.54) is 16.5 Å². The standard InChI is InChI=1S/C26H30N4O4/c1-18-6-5-9-20-21-10-12-30(25(33)27-16-22(31)32)26(24(21)28-23(18)20)11-13-29(17-26)14-15-34-19-7-3-2-4-8-19/h2-9,28H,10-17H2,1H3,(H,27,33)(H,31,32). The quantitative estimate of drug-likeness (QED) is 0.523. The molecule has 8 heteroatoms. The number of urea groups is 1. The molecule has 0 saturated carbocycles. The summed E-state index contributed by atoms with van der Waals surface area (Å²) in [6.07, 6.45) is 1.51. The number of amides is 2. The molecule has 178 valence electrons. The highest BCUT2D eigenvalue weighted by Gasteiger charge is 2.51. The lowest BCUT2D eigenvalue weighted by atomic mass is 9.84. The molecule has 1 unspecified atom stereocenters. The zero-order valence-corrected chi connectivity index (χ0v) is 19.3. The third-order valence-electron chi connectivity index (χ3n) is 7.10. The van der Waals surface area contributed by atoms with Crippen LogP contribution in [0.5, 0.6) is 5.75 Å². The van der Waals surface area contributed by atoms with Gasteiger partial charge in [-0.1, -0.05) is 36.4 Å². The number of aryl methyl sites for hydroxylation is 1. The Labute approximate surface area is 198 Å². The van der Waals surface area contributed by atoms with Crippen LogP contribution in [0, 0.1) is 6.92 Å². The third kappa shape index (κ3) is 3.98. The number of aliphatic carboxylic acids is 1. The van der Waals surface area contributed by atoms with Gasteiger partial charge in [-0.25, -0.2) is 4.79 Å². The Kier molecular flexibility index (Phi) is 5.91. The van der Waals surface area contributed by atoms with E-state index in [-0.39, 0.29) is 6.03 Å². The van der Waals surface area contributed by atoms with Crippen LogP contribution in [-0.4, -0.2) is 71.2 Å². The summed E-state index contributed by atoms with van der Waals surface area (Å²) in [7, 11) is 0. The highest BCUT2D eigenvalue weighted by Crippen LogP contribution is 2.45. The number of fused-ring (bicyclic) bond motifs is 4. The van der Waals surface area contributed by atoms with Crippen molar-refractivity contribution in [2.75, 3.05) is 39.3 Å². The monoisotopic (exact) mass is 462 g/mol. The molecule has 1 aromatic heterocycles. The molecule has 2 amide bonds. The lowest BCUT2D eigenvalue weighted by Gasteiger charge is -2.44. The van der Waals surface area contributed by atoms with Gasteiger partial charge in [0.15, 0.2) is 0 Å². The van der Waals surface area contributed by atoms with Crippen LogP contribution in [0.25, 0.3) is 10.9 Å². The maximum Gasteiger partial charge on any atom is 0.323 e. The van der Waals surface area contributed by atoms with Crippen LogP contribution in [-0.2, 0) is 16.8 Å². The summed E-state index contributed by atoms with van der Waals surface area (Å²) in [6.45, 7) is 5.06. The Morgan fingerprint density at radius 3 is 2.76 bits per heavy atom. The smallest absolute Gasteiger partial charge is 0.323 e. The molecule has 0 radical (unpaired) electrons. The number of carboxylic acid groups (broad SMARTS) is 1. The average molecular weight is 463 g/mol. The SMILES string of the molecule is Cc1cccc2c3c([nH]c12)C1(CCN(CCOc2ccccc2)C1)N(C(=O)NCC(=O)O)CC3. The Bertz CT molecular complexity index is 1210. The van der Waals surface area contributed by atoms with Crippen molar-refractivity contribution in [1.29, 1.82) is 0 Å². The fraction of sp³-hybridized carbons (Fsp3) is 0.385. The van der Waals surface area contributed by atoms with Crippen LogP contribution < -0.4 is 10.1 Å². The molecule has 1 saturated heterocycles. The van der Waals surface area contributed by atoms with Crippen molar-refractivity contribution in [3.05, 3.63) is 65.4 Å². The van der Waals surface area contributed by atoms with E-state index < -0.39 is 18.1 Å². The minimum Gasteiger partial charge on any atom is -0.492 e. The van der Waals surface area contributed by atoms with Crippen LogP contribution in [0.15, 0.2) is 48.5 Å². The zero-order chi connectivity index (χ0) is 23.7. The Hall–Kier alpha value is -3.52. The second kappa shape index (κ2) is 9.02. The number of carbonyl (C=O) groups is 2. The minimum atomic E-state index is -1.05. The zero-order valence-electron chi connectivity index (χ0n) is 19.3. The van der Waals surface area contributed by atoms with Crippen LogP contribution in [0.3, 0.4) is 0 Å². The van der Waals surface area contributed by atoms with Crippen LogP contribution in [0.4, 0.5) is 4.79 Å². The fourth-order valence-corrected chi connectivity index (χ4v) is 5.49. The number of H-pyrrole nitrogens is 1. The summed E-state index contributed by atoms with van der Waals surface area (Å²) >= 11 is 0. The number of carbonyl (C=O) groups excluding carboxylic acids is 1. The predicted octanol–water partition coefficient (Wildman–Crippen LogP) is 3.11. The number of aromatic nitrogens is 1. The highest BCUT2D eigenvalue weighted by molar-refractivity contribution is 5.89. The number of rotatable bonds is 6. The summed E-state index contributed by atoms with van der Waals surface area (Å²) in [5.41, 5.74) is 4.11. The lowest BCUT2D eigenvalue weighted by molar-refractivity contribution is -0.135. The molecule has 3 aromatic rings. The van der Waals surface area contributed by atoms with Gasteiger partial charge < -0.3 is 25.0 Å². The third-order valence-corrected chi connectivity index (χ3v) is 7.10. The highest BCUT2D eigenvalue weighted by atomic mass is 16.5. The summed E-state index contributed by atoms with van der Waals surface area (Å²) in [4.78, 5) is 32.1. The molecule has 3 N–H and O–H groups in total. The first-order valence-electron chi connectivity index (χ1n) is 11.8. The number of benzene rings is 2. The van der Waals surface area contributed by atoms with Gasteiger partial charge >= 0.3 is 12.0 Å². The van der Waals surface area contributed by atoms with Crippen molar-refractivity contribution in [2.45, 2.75) is 25.3 Å². The molecule has 0 bridgehead atoms. The number of carboxylic acids is 1. The van der Waals surface area contributed by atoms with Crippen molar-refractivity contribution >= 4 is 22.9 Å². The molecular formula is C26H30N4O4. The maximum atomic E-state index is 13.2. The van der Waals surface area contributed by atoms with E-state index in [1.807, 2.05) is 35.2 Å². The van der Waals surface area contributed by atoms with Crippen LogP contribution in [0.1, 0.15) is 23.2 Å². The van der Waals surface area contributed by atoms with E-state index in [0.717, 1.165) is 42.9 Å². The first-order chi connectivity index (χ1) is 16.5.